The van der Waals surface area contributed by atoms with Gasteiger partial charge < -0.3 is 16.4 Å². The van der Waals surface area contributed by atoms with E-state index in [1.807, 2.05) is 0 Å². The first-order valence-electron chi connectivity index (χ1n) is 9.47. The van der Waals surface area contributed by atoms with Gasteiger partial charge in [-0.15, -0.1) is 37.2 Å². The molecule has 0 saturated heterocycles. The van der Waals surface area contributed by atoms with Crippen LogP contribution in [-0.2, 0) is 0 Å². The third kappa shape index (κ3) is 25.0. The highest BCUT2D eigenvalue weighted by molar-refractivity contribution is 5.86. The van der Waals surface area contributed by atoms with Gasteiger partial charge in [0.05, 0.1) is 0 Å². The average Bonchev–Trinajstić information content (AvgIpc) is 2.48. The maximum atomic E-state index is 5.61. The molecule has 3 nitrogen and oxygen atoms in total. The second-order valence-electron chi connectivity index (χ2n) is 6.31. The molecule has 0 aliphatic carbocycles. The van der Waals surface area contributed by atoms with E-state index in [-0.39, 0.29) is 37.2 Å². The van der Waals surface area contributed by atoms with Gasteiger partial charge in [-0.1, -0.05) is 77.6 Å². The van der Waals surface area contributed by atoms with Crippen LogP contribution in [0.1, 0.15) is 84.0 Å². The molecular formula is C18H44Cl3N3. The molecule has 0 aliphatic heterocycles. The topological polar surface area (TPSA) is 55.3 Å². The van der Waals surface area contributed by atoms with Crippen LogP contribution < -0.4 is 11.5 Å². The van der Waals surface area contributed by atoms with E-state index in [0.717, 1.165) is 26.2 Å². The summed E-state index contributed by atoms with van der Waals surface area (Å²) in [5, 5.41) is 0. The zero-order valence-electron chi connectivity index (χ0n) is 15.8. The summed E-state index contributed by atoms with van der Waals surface area (Å²) in [6, 6.07) is 0. The van der Waals surface area contributed by atoms with Crippen molar-refractivity contribution in [2.75, 3.05) is 32.7 Å². The highest BCUT2D eigenvalue weighted by Crippen LogP contribution is 2.12. The minimum atomic E-state index is 0. The molecule has 24 heavy (non-hydrogen) atoms. The normalized spacial score (nSPS) is 10.0. The minimum absolute atomic E-state index is 0. The van der Waals surface area contributed by atoms with Gasteiger partial charge in [-0.3, -0.25) is 0 Å². The average molecular weight is 409 g/mol. The summed E-state index contributed by atoms with van der Waals surface area (Å²) in [7, 11) is 0. The molecule has 0 aromatic rings. The van der Waals surface area contributed by atoms with Crippen molar-refractivity contribution in [1.82, 2.24) is 4.90 Å². The van der Waals surface area contributed by atoms with Crippen molar-refractivity contribution in [2.45, 2.75) is 84.0 Å². The van der Waals surface area contributed by atoms with Crippen LogP contribution in [-0.4, -0.2) is 37.6 Å². The van der Waals surface area contributed by atoms with Gasteiger partial charge in [-0.05, 0) is 13.0 Å². The van der Waals surface area contributed by atoms with E-state index < -0.39 is 0 Å². The van der Waals surface area contributed by atoms with Crippen LogP contribution in [0.25, 0.3) is 0 Å². The Balaban J connectivity index is -0.000000667. The summed E-state index contributed by atoms with van der Waals surface area (Å²) in [4.78, 5) is 2.40. The summed E-state index contributed by atoms with van der Waals surface area (Å²) >= 11 is 0. The largest absolute Gasteiger partial charge is 0.329 e. The van der Waals surface area contributed by atoms with Crippen LogP contribution in [0.4, 0.5) is 0 Å². The second kappa shape index (κ2) is 28.5. The van der Waals surface area contributed by atoms with Crippen molar-refractivity contribution >= 4 is 37.2 Å². The predicted octanol–water partition coefficient (Wildman–Crippen LogP) is 5.17. The van der Waals surface area contributed by atoms with E-state index in [1.165, 1.54) is 83.6 Å². The van der Waals surface area contributed by atoms with Crippen molar-refractivity contribution in [2.24, 2.45) is 11.5 Å². The van der Waals surface area contributed by atoms with Crippen molar-refractivity contribution < 1.29 is 0 Å². The molecular weight excluding hydrogens is 365 g/mol. The fraction of sp³-hybridized carbons (Fsp3) is 1.00. The number of unbranched alkanes of at least 4 members (excludes halogenated alkanes) is 11. The van der Waals surface area contributed by atoms with Crippen LogP contribution >= 0.6 is 37.2 Å². The lowest BCUT2D eigenvalue weighted by molar-refractivity contribution is 0.281. The molecule has 0 aromatic carbocycles. The Morgan fingerprint density at radius 1 is 0.500 bits per heavy atom. The number of nitrogens with two attached hydrogens (primary N) is 2. The Morgan fingerprint density at radius 2 is 0.833 bits per heavy atom. The van der Waals surface area contributed by atoms with Crippen LogP contribution in [0.5, 0.6) is 0 Å². The van der Waals surface area contributed by atoms with E-state index in [2.05, 4.69) is 11.8 Å². The molecule has 0 aliphatic rings. The third-order valence-corrected chi connectivity index (χ3v) is 4.22. The number of hydrogen-bond acceptors (Lipinski definition) is 3. The maximum absolute atomic E-state index is 5.61. The lowest BCUT2D eigenvalue weighted by Gasteiger charge is -2.20. The Labute approximate surface area is 170 Å². The molecule has 0 radical (unpaired) electrons. The first kappa shape index (κ1) is 32.4. The fourth-order valence-corrected chi connectivity index (χ4v) is 2.88. The summed E-state index contributed by atoms with van der Waals surface area (Å²) in [5.74, 6) is 0. The van der Waals surface area contributed by atoms with Crippen LogP contribution in [0.15, 0.2) is 0 Å². The summed E-state index contributed by atoms with van der Waals surface area (Å²) in [6.07, 6.45) is 16.9. The molecule has 0 spiro atoms. The van der Waals surface area contributed by atoms with Gasteiger partial charge in [0.25, 0.3) is 0 Å². The molecule has 0 aromatic heterocycles. The molecule has 0 unspecified atom stereocenters. The summed E-state index contributed by atoms with van der Waals surface area (Å²) in [6.45, 7) is 6.94. The zero-order chi connectivity index (χ0) is 15.6. The smallest absolute Gasteiger partial charge is 0.0105 e. The van der Waals surface area contributed by atoms with Crippen molar-refractivity contribution in [1.29, 1.82) is 0 Å². The number of nitrogens with zero attached hydrogens (tertiary/aromatic N) is 1. The first-order valence-corrected chi connectivity index (χ1v) is 9.47. The SMILES string of the molecule is CCCCCCCCCCCCCCN(CCN)CCN.Cl.Cl.Cl. The number of hydrogen-bond donors (Lipinski definition) is 2. The van der Waals surface area contributed by atoms with E-state index in [4.69, 9.17) is 11.5 Å². The van der Waals surface area contributed by atoms with Gasteiger partial charge in [0.2, 0.25) is 0 Å². The van der Waals surface area contributed by atoms with Gasteiger partial charge in [0.15, 0.2) is 0 Å². The molecule has 0 amide bonds. The second-order valence-corrected chi connectivity index (χ2v) is 6.31. The third-order valence-electron chi connectivity index (χ3n) is 4.22. The lowest BCUT2D eigenvalue weighted by Crippen LogP contribution is -2.34. The Morgan fingerprint density at radius 3 is 1.17 bits per heavy atom. The van der Waals surface area contributed by atoms with Gasteiger partial charge in [-0.2, -0.15) is 0 Å². The number of halogens is 3. The van der Waals surface area contributed by atoms with E-state index >= 15 is 0 Å². The molecule has 0 fully saturated rings. The first-order chi connectivity index (χ1) is 10.3. The molecule has 0 atom stereocenters. The molecule has 152 valence electrons. The Hall–Kier alpha value is 0.750. The molecule has 6 heteroatoms. The van der Waals surface area contributed by atoms with Gasteiger partial charge in [0, 0.05) is 26.2 Å². The fourth-order valence-electron chi connectivity index (χ4n) is 2.88. The monoisotopic (exact) mass is 407 g/mol. The van der Waals surface area contributed by atoms with E-state index in [0.29, 0.717) is 0 Å². The predicted molar refractivity (Wildman–Crippen MR) is 117 cm³/mol. The van der Waals surface area contributed by atoms with Gasteiger partial charge >= 0.3 is 0 Å². The standard InChI is InChI=1S/C18H41N3.3ClH/c1-2-3-4-5-6-7-8-9-10-11-12-13-16-21(17-14-19)18-15-20;;;/h2-20H2,1H3;3*1H. The van der Waals surface area contributed by atoms with E-state index in [1.54, 1.807) is 0 Å². The highest BCUT2D eigenvalue weighted by atomic mass is 35.5. The van der Waals surface area contributed by atoms with E-state index in [9.17, 15) is 0 Å². The van der Waals surface area contributed by atoms with Gasteiger partial charge in [-0.25, -0.2) is 0 Å². The maximum Gasteiger partial charge on any atom is 0.0105 e. The minimum Gasteiger partial charge on any atom is -0.329 e. The lowest BCUT2D eigenvalue weighted by atomic mass is 10.1. The number of rotatable bonds is 17. The molecule has 0 bridgehead atoms. The van der Waals surface area contributed by atoms with Crippen LogP contribution in [0, 0.1) is 0 Å². The van der Waals surface area contributed by atoms with Crippen LogP contribution in [0.3, 0.4) is 0 Å². The van der Waals surface area contributed by atoms with Crippen molar-refractivity contribution in [3.63, 3.8) is 0 Å². The summed E-state index contributed by atoms with van der Waals surface area (Å²) < 4.78 is 0. The van der Waals surface area contributed by atoms with Crippen molar-refractivity contribution in [3.8, 4) is 0 Å². The Kier molecular flexibility index (Phi) is 38.6. The van der Waals surface area contributed by atoms with Gasteiger partial charge in [0.1, 0.15) is 0 Å². The van der Waals surface area contributed by atoms with Crippen LogP contribution in [0.2, 0.25) is 0 Å². The highest BCUT2D eigenvalue weighted by Gasteiger charge is 2.01. The molecule has 0 saturated carbocycles. The Bertz CT molecular complexity index is 192. The molecule has 4 N–H and O–H groups in total. The molecule has 0 rings (SSSR count). The zero-order valence-corrected chi connectivity index (χ0v) is 18.3. The molecule has 0 heterocycles. The summed E-state index contributed by atoms with van der Waals surface area (Å²) in [5.41, 5.74) is 11.2. The van der Waals surface area contributed by atoms with Crippen molar-refractivity contribution in [3.05, 3.63) is 0 Å². The quantitative estimate of drug-likeness (QED) is 0.326.